The van der Waals surface area contributed by atoms with Crippen molar-refractivity contribution >= 4 is 17.5 Å². The first-order valence-electron chi connectivity index (χ1n) is 4.86. The van der Waals surface area contributed by atoms with Crippen molar-refractivity contribution in [2.45, 2.75) is 12.5 Å². The molecule has 16 heavy (non-hydrogen) atoms. The summed E-state index contributed by atoms with van der Waals surface area (Å²) in [4.78, 5) is 16.9. The van der Waals surface area contributed by atoms with Gasteiger partial charge in [0, 0.05) is 13.1 Å². The first-order valence-corrected chi connectivity index (χ1v) is 5.24. The maximum Gasteiger partial charge on any atom is 0.257 e. The molecular formula is C10H10ClFN2O2. The zero-order valence-corrected chi connectivity index (χ0v) is 9.12. The molecule has 1 atom stereocenters. The molecular weight excluding hydrogens is 235 g/mol. The second-order valence-corrected chi connectivity index (χ2v) is 4.04. The van der Waals surface area contributed by atoms with Gasteiger partial charge in [0.1, 0.15) is 11.0 Å². The molecule has 1 aliphatic rings. The minimum absolute atomic E-state index is 0.0206. The molecule has 0 aromatic carbocycles. The van der Waals surface area contributed by atoms with Crippen LogP contribution in [0.1, 0.15) is 16.8 Å². The van der Waals surface area contributed by atoms with Gasteiger partial charge in [-0.25, -0.2) is 9.37 Å². The average molecular weight is 245 g/mol. The van der Waals surface area contributed by atoms with E-state index in [1.54, 1.807) is 0 Å². The number of hydrogen-bond acceptors (Lipinski definition) is 3. The molecule has 0 aliphatic carbocycles. The van der Waals surface area contributed by atoms with Gasteiger partial charge in [-0.05, 0) is 12.5 Å². The highest BCUT2D eigenvalue weighted by molar-refractivity contribution is 6.32. The van der Waals surface area contributed by atoms with E-state index in [-0.39, 0.29) is 17.3 Å². The summed E-state index contributed by atoms with van der Waals surface area (Å²) in [7, 11) is 0. The van der Waals surface area contributed by atoms with Crippen LogP contribution in [0.2, 0.25) is 5.15 Å². The number of aliphatic hydroxyl groups excluding tert-OH is 1. The van der Waals surface area contributed by atoms with Gasteiger partial charge >= 0.3 is 0 Å². The molecule has 0 radical (unpaired) electrons. The van der Waals surface area contributed by atoms with Crippen molar-refractivity contribution < 1.29 is 14.3 Å². The third-order valence-corrected chi connectivity index (χ3v) is 2.79. The number of hydrogen-bond donors (Lipinski definition) is 1. The molecule has 0 saturated carbocycles. The average Bonchev–Trinajstić information content (AvgIpc) is 2.67. The number of pyridine rings is 1. The van der Waals surface area contributed by atoms with Crippen molar-refractivity contribution in [3.63, 3.8) is 0 Å². The van der Waals surface area contributed by atoms with Gasteiger partial charge in [-0.15, -0.1) is 0 Å². The van der Waals surface area contributed by atoms with E-state index in [1.807, 2.05) is 0 Å². The molecule has 0 unspecified atom stereocenters. The maximum absolute atomic E-state index is 12.9. The van der Waals surface area contributed by atoms with Crippen LogP contribution in [0, 0.1) is 5.82 Å². The van der Waals surface area contributed by atoms with Crippen molar-refractivity contribution in [1.29, 1.82) is 0 Å². The largest absolute Gasteiger partial charge is 0.391 e. The van der Waals surface area contributed by atoms with Crippen LogP contribution in [0.25, 0.3) is 0 Å². The van der Waals surface area contributed by atoms with Crippen LogP contribution in [-0.4, -0.2) is 40.1 Å². The molecule has 4 nitrogen and oxygen atoms in total. The Bertz CT molecular complexity index is 427. The number of aromatic nitrogens is 1. The highest BCUT2D eigenvalue weighted by atomic mass is 35.5. The topological polar surface area (TPSA) is 53.4 Å². The number of amides is 1. The number of nitrogens with zero attached hydrogens (tertiary/aromatic N) is 2. The molecule has 1 aromatic heterocycles. The smallest absolute Gasteiger partial charge is 0.257 e. The van der Waals surface area contributed by atoms with E-state index in [2.05, 4.69) is 4.98 Å². The lowest BCUT2D eigenvalue weighted by Crippen LogP contribution is -2.30. The minimum atomic E-state index is -0.604. The number of halogens is 2. The van der Waals surface area contributed by atoms with E-state index in [1.165, 1.54) is 4.90 Å². The summed E-state index contributed by atoms with van der Waals surface area (Å²) in [6.45, 7) is 0.707. The third kappa shape index (κ3) is 2.15. The summed E-state index contributed by atoms with van der Waals surface area (Å²) < 4.78 is 12.9. The van der Waals surface area contributed by atoms with E-state index >= 15 is 0 Å². The Morgan fingerprint density at radius 3 is 3.06 bits per heavy atom. The van der Waals surface area contributed by atoms with Gasteiger partial charge in [-0.1, -0.05) is 11.6 Å². The van der Waals surface area contributed by atoms with Crippen LogP contribution in [0.5, 0.6) is 0 Å². The van der Waals surface area contributed by atoms with Crippen molar-refractivity contribution in [2.75, 3.05) is 13.1 Å². The standard InChI is InChI=1S/C10H10ClFN2O2/c11-9-8(3-6(12)4-13-9)10(16)14-2-1-7(15)5-14/h3-4,7,15H,1-2,5H2/t7-/m1/s1. The van der Waals surface area contributed by atoms with Crippen molar-refractivity contribution in [3.05, 3.63) is 28.8 Å². The Hall–Kier alpha value is -1.20. The molecule has 1 aromatic rings. The predicted molar refractivity (Wildman–Crippen MR) is 55.7 cm³/mol. The van der Waals surface area contributed by atoms with Crippen LogP contribution >= 0.6 is 11.6 Å². The van der Waals surface area contributed by atoms with Gasteiger partial charge in [0.05, 0.1) is 17.9 Å². The number of rotatable bonds is 1. The molecule has 0 bridgehead atoms. The van der Waals surface area contributed by atoms with Crippen molar-refractivity contribution in [3.8, 4) is 0 Å². The summed E-state index contributed by atoms with van der Waals surface area (Å²) in [6, 6.07) is 1.06. The van der Waals surface area contributed by atoms with Gasteiger partial charge in [0.15, 0.2) is 0 Å². The molecule has 2 heterocycles. The summed E-state index contributed by atoms with van der Waals surface area (Å²) in [6.07, 6.45) is 0.980. The molecule has 1 saturated heterocycles. The normalized spacial score (nSPS) is 20.2. The van der Waals surface area contributed by atoms with Gasteiger partial charge in [0.25, 0.3) is 5.91 Å². The molecule has 1 N–H and O–H groups in total. The Kier molecular flexibility index (Phi) is 3.07. The van der Waals surface area contributed by atoms with Crippen LogP contribution in [0.3, 0.4) is 0 Å². The lowest BCUT2D eigenvalue weighted by atomic mass is 10.2. The summed E-state index contributed by atoms with van der Waals surface area (Å²) in [5, 5.41) is 9.28. The quantitative estimate of drug-likeness (QED) is 0.753. The van der Waals surface area contributed by atoms with Gasteiger partial charge < -0.3 is 10.0 Å². The number of carbonyl (C=O) groups excluding carboxylic acids is 1. The third-order valence-electron chi connectivity index (χ3n) is 2.49. The van der Waals surface area contributed by atoms with E-state index in [9.17, 15) is 14.3 Å². The minimum Gasteiger partial charge on any atom is -0.391 e. The van der Waals surface area contributed by atoms with E-state index < -0.39 is 17.8 Å². The highest BCUT2D eigenvalue weighted by Gasteiger charge is 2.27. The summed E-state index contributed by atoms with van der Waals surface area (Å²) in [5.41, 5.74) is 0.0377. The van der Waals surface area contributed by atoms with Crippen LogP contribution in [0.4, 0.5) is 4.39 Å². The Morgan fingerprint density at radius 1 is 1.69 bits per heavy atom. The lowest BCUT2D eigenvalue weighted by Gasteiger charge is -2.15. The molecule has 6 heteroatoms. The van der Waals surface area contributed by atoms with Gasteiger partial charge in [0.2, 0.25) is 0 Å². The van der Waals surface area contributed by atoms with Crippen LogP contribution < -0.4 is 0 Å². The van der Waals surface area contributed by atoms with E-state index in [0.29, 0.717) is 13.0 Å². The predicted octanol–water partition coefficient (Wildman–Crippen LogP) is 1.08. The van der Waals surface area contributed by atoms with E-state index in [0.717, 1.165) is 12.3 Å². The number of carbonyl (C=O) groups is 1. The van der Waals surface area contributed by atoms with Gasteiger partial charge in [-0.2, -0.15) is 0 Å². The Labute approximate surface area is 96.7 Å². The number of likely N-dealkylation sites (tertiary alicyclic amines) is 1. The summed E-state index contributed by atoms with van der Waals surface area (Å²) in [5.74, 6) is -0.999. The number of β-amino-alcohol motifs (C(OH)–C–C–N with tert-alkyl or cyclic N) is 1. The molecule has 0 spiro atoms. The van der Waals surface area contributed by atoms with Gasteiger partial charge in [-0.3, -0.25) is 4.79 Å². The van der Waals surface area contributed by atoms with Crippen LogP contribution in [-0.2, 0) is 0 Å². The Morgan fingerprint density at radius 2 is 2.44 bits per heavy atom. The fourth-order valence-electron chi connectivity index (χ4n) is 1.67. The first-order chi connectivity index (χ1) is 7.58. The maximum atomic E-state index is 12.9. The second-order valence-electron chi connectivity index (χ2n) is 3.69. The van der Waals surface area contributed by atoms with E-state index in [4.69, 9.17) is 11.6 Å². The fraction of sp³-hybridized carbons (Fsp3) is 0.400. The molecule has 86 valence electrons. The first kappa shape index (κ1) is 11.3. The summed E-state index contributed by atoms with van der Waals surface area (Å²) >= 11 is 5.72. The Balaban J connectivity index is 2.23. The van der Waals surface area contributed by atoms with Crippen LogP contribution in [0.15, 0.2) is 12.3 Å². The second kappa shape index (κ2) is 4.35. The highest BCUT2D eigenvalue weighted by Crippen LogP contribution is 2.19. The SMILES string of the molecule is O=C(c1cc(F)cnc1Cl)N1CC[C@@H](O)C1. The molecule has 2 rings (SSSR count). The molecule has 1 amide bonds. The number of aliphatic hydroxyl groups is 1. The van der Waals surface area contributed by atoms with Crippen molar-refractivity contribution in [2.24, 2.45) is 0 Å². The van der Waals surface area contributed by atoms with Crippen molar-refractivity contribution in [1.82, 2.24) is 9.88 Å². The monoisotopic (exact) mass is 244 g/mol. The lowest BCUT2D eigenvalue weighted by molar-refractivity contribution is 0.0764. The molecule has 1 fully saturated rings. The molecule has 1 aliphatic heterocycles. The zero-order chi connectivity index (χ0) is 11.7. The fourth-order valence-corrected chi connectivity index (χ4v) is 1.85. The zero-order valence-electron chi connectivity index (χ0n) is 8.36.